The molecule has 0 aliphatic carbocycles. The van der Waals surface area contributed by atoms with Gasteiger partial charge in [-0.1, -0.05) is 54.6 Å². The van der Waals surface area contributed by atoms with Crippen molar-refractivity contribution in [2.75, 3.05) is 16.0 Å². The molecule has 0 aromatic heterocycles. The normalized spacial score (nSPS) is 16.0. The van der Waals surface area contributed by atoms with Crippen molar-refractivity contribution in [2.45, 2.75) is 25.6 Å². The predicted molar refractivity (Wildman–Crippen MR) is 124 cm³/mol. The number of rotatable bonds is 5. The van der Waals surface area contributed by atoms with Gasteiger partial charge in [-0.25, -0.2) is 0 Å². The van der Waals surface area contributed by atoms with Gasteiger partial charge in [-0.2, -0.15) is 0 Å². The summed E-state index contributed by atoms with van der Waals surface area (Å²) in [6.45, 7) is 4.12. The van der Waals surface area contributed by atoms with Crippen LogP contribution in [0.3, 0.4) is 0 Å². The average Bonchev–Trinajstić information content (AvgIpc) is 3.12. The van der Waals surface area contributed by atoms with Gasteiger partial charge in [0.15, 0.2) is 0 Å². The van der Waals surface area contributed by atoms with Gasteiger partial charge in [0.2, 0.25) is 11.8 Å². The molecule has 1 unspecified atom stereocenters. The van der Waals surface area contributed by atoms with E-state index in [9.17, 15) is 9.59 Å². The zero-order valence-electron chi connectivity index (χ0n) is 17.1. The van der Waals surface area contributed by atoms with Crippen LogP contribution in [-0.2, 0) is 16.0 Å². The molecule has 5 heteroatoms. The number of amides is 2. The number of carbonyl (C=O) groups excluding carboxylic acids is 2. The number of hydrogen-bond acceptors (Lipinski definition) is 3. The number of thioether (sulfide) groups is 1. The highest BCUT2D eigenvalue weighted by molar-refractivity contribution is 8.00. The first kappa shape index (κ1) is 20.2. The summed E-state index contributed by atoms with van der Waals surface area (Å²) >= 11 is 1.63. The summed E-state index contributed by atoms with van der Waals surface area (Å²) in [6, 6.07) is 23.6. The van der Waals surface area contributed by atoms with Crippen LogP contribution in [0, 0.1) is 13.8 Å². The summed E-state index contributed by atoms with van der Waals surface area (Å²) in [7, 11) is 0. The van der Waals surface area contributed by atoms with Gasteiger partial charge in [-0.05, 0) is 54.3 Å². The summed E-state index contributed by atoms with van der Waals surface area (Å²) in [5.74, 6) is 0.545. The first-order valence-electron chi connectivity index (χ1n) is 9.96. The second-order valence-electron chi connectivity index (χ2n) is 7.48. The minimum atomic E-state index is -0.0629. The smallest absolute Gasteiger partial charge is 0.238 e. The van der Waals surface area contributed by atoms with Gasteiger partial charge in [0.1, 0.15) is 5.37 Å². The zero-order valence-corrected chi connectivity index (χ0v) is 17.9. The number of anilines is 2. The Hall–Kier alpha value is -3.05. The molecule has 3 aromatic rings. The number of nitrogens with one attached hydrogen (secondary N) is 1. The Morgan fingerprint density at radius 2 is 1.73 bits per heavy atom. The second-order valence-corrected chi connectivity index (χ2v) is 8.55. The van der Waals surface area contributed by atoms with Gasteiger partial charge in [0.25, 0.3) is 0 Å². The lowest BCUT2D eigenvalue weighted by atomic mass is 10.1. The summed E-state index contributed by atoms with van der Waals surface area (Å²) in [5.41, 5.74) is 6.06. The Morgan fingerprint density at radius 1 is 1.00 bits per heavy atom. The molecule has 4 rings (SSSR count). The van der Waals surface area contributed by atoms with Crippen LogP contribution in [0.4, 0.5) is 11.4 Å². The number of aryl methyl sites for hydroxylation is 1. The highest BCUT2D eigenvalue weighted by Gasteiger charge is 2.34. The van der Waals surface area contributed by atoms with Gasteiger partial charge in [0.05, 0.1) is 12.2 Å². The summed E-state index contributed by atoms with van der Waals surface area (Å²) in [4.78, 5) is 26.9. The fraction of sp³-hybridized carbons (Fsp3) is 0.200. The Kier molecular flexibility index (Phi) is 5.91. The Bertz CT molecular complexity index is 1060. The fourth-order valence-electron chi connectivity index (χ4n) is 3.65. The molecule has 1 aliphatic heterocycles. The van der Waals surface area contributed by atoms with E-state index in [0.29, 0.717) is 12.2 Å². The minimum Gasteiger partial charge on any atom is -0.326 e. The number of carbonyl (C=O) groups is 2. The van der Waals surface area contributed by atoms with Crippen molar-refractivity contribution in [2.24, 2.45) is 0 Å². The van der Waals surface area contributed by atoms with E-state index in [0.717, 1.165) is 28.1 Å². The van der Waals surface area contributed by atoms with E-state index in [2.05, 4.69) is 25.2 Å². The molecule has 1 heterocycles. The van der Waals surface area contributed by atoms with Gasteiger partial charge >= 0.3 is 0 Å². The van der Waals surface area contributed by atoms with Crippen LogP contribution >= 0.6 is 11.8 Å². The SMILES string of the molecule is Cc1cccc(N2C(=O)CSC2c2ccc(NC(=O)Cc3ccccc3)cc2)c1C. The number of nitrogens with zero attached hydrogens (tertiary/aromatic N) is 1. The molecule has 2 amide bonds. The maximum Gasteiger partial charge on any atom is 0.238 e. The van der Waals surface area contributed by atoms with Gasteiger partial charge in [-0.3, -0.25) is 14.5 Å². The van der Waals surface area contributed by atoms with Crippen molar-refractivity contribution in [3.05, 3.63) is 95.1 Å². The lowest BCUT2D eigenvalue weighted by Gasteiger charge is -2.26. The van der Waals surface area contributed by atoms with Crippen molar-refractivity contribution in [3.63, 3.8) is 0 Å². The van der Waals surface area contributed by atoms with Gasteiger partial charge < -0.3 is 5.32 Å². The zero-order chi connectivity index (χ0) is 21.1. The van der Waals surface area contributed by atoms with Crippen LogP contribution in [0.15, 0.2) is 72.8 Å². The maximum atomic E-state index is 12.7. The Balaban J connectivity index is 1.49. The molecule has 1 atom stereocenters. The average molecular weight is 417 g/mol. The van der Waals surface area contributed by atoms with Crippen LogP contribution < -0.4 is 10.2 Å². The van der Waals surface area contributed by atoms with Crippen molar-refractivity contribution >= 4 is 35.0 Å². The number of hydrogen-bond donors (Lipinski definition) is 1. The minimum absolute atomic E-state index is 0.0450. The van der Waals surface area contributed by atoms with E-state index < -0.39 is 0 Å². The van der Waals surface area contributed by atoms with Crippen molar-refractivity contribution in [1.29, 1.82) is 0 Å². The van der Waals surface area contributed by atoms with Crippen LogP contribution in [0.2, 0.25) is 0 Å². The molecule has 0 saturated carbocycles. The van der Waals surface area contributed by atoms with E-state index >= 15 is 0 Å². The molecule has 1 N–H and O–H groups in total. The predicted octanol–water partition coefficient (Wildman–Crippen LogP) is 5.26. The fourth-order valence-corrected chi connectivity index (χ4v) is 4.81. The van der Waals surface area contributed by atoms with E-state index in [1.165, 1.54) is 5.56 Å². The van der Waals surface area contributed by atoms with Crippen LogP contribution in [0.1, 0.15) is 27.6 Å². The molecule has 152 valence electrons. The van der Waals surface area contributed by atoms with E-state index in [-0.39, 0.29) is 17.2 Å². The Morgan fingerprint density at radius 3 is 2.47 bits per heavy atom. The van der Waals surface area contributed by atoms with Crippen molar-refractivity contribution in [1.82, 2.24) is 0 Å². The summed E-state index contributed by atoms with van der Waals surface area (Å²) in [6.07, 6.45) is 0.343. The molecule has 4 nitrogen and oxygen atoms in total. The molecule has 0 radical (unpaired) electrons. The maximum absolute atomic E-state index is 12.7. The molecular formula is C25H24N2O2S. The molecule has 0 bridgehead atoms. The molecule has 3 aromatic carbocycles. The van der Waals surface area contributed by atoms with E-state index in [1.54, 1.807) is 11.8 Å². The highest BCUT2D eigenvalue weighted by atomic mass is 32.2. The first-order valence-corrected chi connectivity index (χ1v) is 11.0. The highest BCUT2D eigenvalue weighted by Crippen LogP contribution is 2.43. The van der Waals surface area contributed by atoms with Crippen molar-refractivity contribution in [3.8, 4) is 0 Å². The molecule has 1 fully saturated rings. The summed E-state index contributed by atoms with van der Waals surface area (Å²) in [5, 5.41) is 2.89. The molecule has 1 aliphatic rings. The third-order valence-electron chi connectivity index (χ3n) is 5.39. The third-order valence-corrected chi connectivity index (χ3v) is 6.60. The topological polar surface area (TPSA) is 49.4 Å². The van der Waals surface area contributed by atoms with Crippen LogP contribution in [0.25, 0.3) is 0 Å². The van der Waals surface area contributed by atoms with Gasteiger partial charge in [-0.15, -0.1) is 11.8 Å². The third kappa shape index (κ3) is 4.26. The molecule has 30 heavy (non-hydrogen) atoms. The lowest BCUT2D eigenvalue weighted by Crippen LogP contribution is -2.28. The number of benzene rings is 3. The molecule has 1 saturated heterocycles. The van der Waals surface area contributed by atoms with Crippen LogP contribution in [0.5, 0.6) is 0 Å². The molecule has 0 spiro atoms. The standard InChI is InChI=1S/C25H24N2O2S/c1-17-7-6-10-22(18(17)2)27-24(29)16-30-25(27)20-11-13-21(14-12-20)26-23(28)15-19-8-4-3-5-9-19/h3-14,25H,15-16H2,1-2H3,(H,26,28). The Labute approximate surface area is 181 Å². The largest absolute Gasteiger partial charge is 0.326 e. The van der Waals surface area contributed by atoms with E-state index in [4.69, 9.17) is 0 Å². The molecular weight excluding hydrogens is 392 g/mol. The van der Waals surface area contributed by atoms with Gasteiger partial charge in [0, 0.05) is 11.4 Å². The lowest BCUT2D eigenvalue weighted by molar-refractivity contribution is -0.116. The quantitative estimate of drug-likeness (QED) is 0.617. The van der Waals surface area contributed by atoms with Crippen molar-refractivity contribution < 1.29 is 9.59 Å². The second kappa shape index (κ2) is 8.76. The van der Waals surface area contributed by atoms with Crippen LogP contribution in [-0.4, -0.2) is 17.6 Å². The summed E-state index contributed by atoms with van der Waals surface area (Å²) < 4.78 is 0. The first-order chi connectivity index (χ1) is 14.5. The monoisotopic (exact) mass is 416 g/mol. The van der Waals surface area contributed by atoms with E-state index in [1.807, 2.05) is 71.6 Å².